The van der Waals surface area contributed by atoms with Gasteiger partial charge in [-0.05, 0) is 0 Å². The van der Waals surface area contributed by atoms with Crippen molar-refractivity contribution in [2.24, 2.45) is 0 Å². The van der Waals surface area contributed by atoms with Crippen LogP contribution in [0.15, 0.2) is 0 Å². The van der Waals surface area contributed by atoms with E-state index < -0.39 is 22.5 Å². The van der Waals surface area contributed by atoms with E-state index in [2.05, 4.69) is 0 Å². The van der Waals surface area contributed by atoms with Crippen molar-refractivity contribution < 1.29 is 17.5 Å². The van der Waals surface area contributed by atoms with Crippen LogP contribution in [0, 0.1) is 0 Å². The van der Waals surface area contributed by atoms with Crippen LogP contribution in [0.1, 0.15) is 0 Å². The maximum absolute atomic E-state index is 9.84. The molecule has 4 N–H and O–H groups in total. The third-order valence-corrected chi connectivity index (χ3v) is 3.50. The molecule has 0 aromatic carbocycles. The highest BCUT2D eigenvalue weighted by atomic mass is 33.1. The van der Waals surface area contributed by atoms with Crippen molar-refractivity contribution in [3.8, 4) is 0 Å². The fourth-order valence-electron chi connectivity index (χ4n) is 0.0922. The summed E-state index contributed by atoms with van der Waals surface area (Å²) in [6, 6.07) is 0. The van der Waals surface area contributed by atoms with Crippen molar-refractivity contribution in [3.63, 3.8) is 0 Å². The Morgan fingerprint density at radius 1 is 1.00 bits per heavy atom. The molecule has 0 radical (unpaired) electrons. The van der Waals surface area contributed by atoms with Crippen LogP contribution in [0.5, 0.6) is 0 Å². The predicted molar refractivity (Wildman–Crippen MR) is 43.0 cm³/mol. The Balaban J connectivity index is 3.06. The second kappa shape index (κ2) is 6.54. The molecule has 10 heteroatoms. The molecular weight excluding hydrogens is 220 g/mol. The SMILES string of the molecule is O=S(O)NSSNS(=O)O. The second-order valence-electron chi connectivity index (χ2n) is 0.832. The Labute approximate surface area is 70.4 Å². The van der Waals surface area contributed by atoms with E-state index in [-0.39, 0.29) is 0 Å². The summed E-state index contributed by atoms with van der Waals surface area (Å²) in [7, 11) is 1.48. The van der Waals surface area contributed by atoms with Crippen LogP contribution in [-0.4, -0.2) is 17.5 Å². The van der Waals surface area contributed by atoms with E-state index in [9.17, 15) is 8.42 Å². The molecular formula is H4N2O4S4. The summed E-state index contributed by atoms with van der Waals surface area (Å²) in [6.07, 6.45) is 0. The normalized spacial score (nSPS) is 16.6. The number of hydrogen-bond acceptors (Lipinski definition) is 4. The van der Waals surface area contributed by atoms with Crippen LogP contribution in [0.4, 0.5) is 0 Å². The Kier molecular flexibility index (Phi) is 7.09. The van der Waals surface area contributed by atoms with E-state index in [1.807, 2.05) is 8.25 Å². The first-order chi connectivity index (χ1) is 4.63. The Morgan fingerprint density at radius 2 is 1.30 bits per heavy atom. The quantitative estimate of drug-likeness (QED) is 0.220. The standard InChI is InChI=1S/H4N2O4S4/c3-9(4)1-7-8-2-10(5)6/h1-2H,(H,3,4)(H,5,6). The van der Waals surface area contributed by atoms with Gasteiger partial charge in [-0.3, -0.25) is 9.11 Å². The summed E-state index contributed by atoms with van der Waals surface area (Å²) >= 11 is -4.22. The molecule has 2 unspecified atom stereocenters. The minimum absolute atomic E-state index is 0.742. The summed E-state index contributed by atoms with van der Waals surface area (Å²) in [4.78, 5) is 0. The van der Waals surface area contributed by atoms with Crippen molar-refractivity contribution >= 4 is 44.5 Å². The van der Waals surface area contributed by atoms with Gasteiger partial charge < -0.3 is 0 Å². The van der Waals surface area contributed by atoms with Gasteiger partial charge in [-0.15, -0.1) is 8.25 Å². The zero-order chi connectivity index (χ0) is 7.98. The van der Waals surface area contributed by atoms with Gasteiger partial charge in [0.05, 0.1) is 0 Å². The van der Waals surface area contributed by atoms with Crippen LogP contribution in [0.25, 0.3) is 0 Å². The summed E-state index contributed by atoms with van der Waals surface area (Å²) < 4.78 is 39.8. The van der Waals surface area contributed by atoms with Gasteiger partial charge in [-0.2, -0.15) is 0 Å². The molecule has 0 bridgehead atoms. The number of nitrogens with one attached hydrogen (secondary N) is 2. The molecule has 0 spiro atoms. The maximum Gasteiger partial charge on any atom is 0.242 e. The summed E-state index contributed by atoms with van der Waals surface area (Å²) in [5.74, 6) is 0. The lowest BCUT2D eigenvalue weighted by Crippen LogP contribution is -2.09. The van der Waals surface area contributed by atoms with E-state index in [1.165, 1.54) is 0 Å². The molecule has 0 aliphatic rings. The lowest BCUT2D eigenvalue weighted by Gasteiger charge is -1.95. The highest BCUT2D eigenvalue weighted by Gasteiger charge is 1.94. The highest BCUT2D eigenvalue weighted by Crippen LogP contribution is 2.12. The molecule has 0 aliphatic heterocycles. The van der Waals surface area contributed by atoms with Crippen molar-refractivity contribution in [2.75, 3.05) is 0 Å². The van der Waals surface area contributed by atoms with Crippen LogP contribution >= 0.6 is 22.0 Å². The van der Waals surface area contributed by atoms with E-state index in [0.717, 1.165) is 22.0 Å². The molecule has 10 heavy (non-hydrogen) atoms. The zero-order valence-electron chi connectivity index (χ0n) is 4.34. The molecule has 2 atom stereocenters. The van der Waals surface area contributed by atoms with Gasteiger partial charge in [0.1, 0.15) is 0 Å². The smallest absolute Gasteiger partial charge is 0.242 e. The lowest BCUT2D eigenvalue weighted by molar-refractivity contribution is 0.560. The molecule has 0 heterocycles. The monoisotopic (exact) mass is 224 g/mol. The van der Waals surface area contributed by atoms with E-state index in [1.54, 1.807) is 0 Å². The molecule has 0 aliphatic carbocycles. The number of hydrogen-bond donors (Lipinski definition) is 4. The largest absolute Gasteiger partial charge is 0.293 e. The lowest BCUT2D eigenvalue weighted by atomic mass is 13.9. The van der Waals surface area contributed by atoms with Crippen molar-refractivity contribution in [3.05, 3.63) is 0 Å². The minimum atomic E-state index is -2.11. The molecule has 62 valence electrons. The van der Waals surface area contributed by atoms with Gasteiger partial charge in [0, 0.05) is 22.0 Å². The Morgan fingerprint density at radius 3 is 1.50 bits per heavy atom. The average molecular weight is 224 g/mol. The Bertz CT molecular complexity index is 119. The zero-order valence-corrected chi connectivity index (χ0v) is 7.61. The summed E-state index contributed by atoms with van der Waals surface area (Å²) in [5, 5.41) is 0. The van der Waals surface area contributed by atoms with Gasteiger partial charge in [0.25, 0.3) is 0 Å². The molecule has 0 aromatic heterocycles. The average Bonchev–Trinajstić information content (AvgIpc) is 1.79. The van der Waals surface area contributed by atoms with E-state index in [0.29, 0.717) is 0 Å². The second-order valence-corrected chi connectivity index (χ2v) is 4.49. The molecule has 0 aromatic rings. The van der Waals surface area contributed by atoms with Crippen LogP contribution < -0.4 is 8.25 Å². The third-order valence-electron chi connectivity index (χ3n) is 0.252. The van der Waals surface area contributed by atoms with Crippen molar-refractivity contribution in [2.45, 2.75) is 0 Å². The third kappa shape index (κ3) is 8.84. The van der Waals surface area contributed by atoms with Crippen LogP contribution in [0.3, 0.4) is 0 Å². The molecule has 0 rings (SSSR count). The number of rotatable bonds is 5. The minimum Gasteiger partial charge on any atom is -0.293 e. The fourth-order valence-corrected chi connectivity index (χ4v) is 2.49. The van der Waals surface area contributed by atoms with Crippen LogP contribution in [-0.2, 0) is 22.5 Å². The first-order valence-corrected chi connectivity index (χ1v) is 6.04. The first kappa shape index (κ1) is 10.8. The van der Waals surface area contributed by atoms with Gasteiger partial charge in [-0.1, -0.05) is 0 Å². The first-order valence-electron chi connectivity index (χ1n) is 1.68. The predicted octanol–water partition coefficient (Wildman–Crippen LogP) is -0.350. The molecule has 0 amide bonds. The highest BCUT2D eigenvalue weighted by molar-refractivity contribution is 8.77. The van der Waals surface area contributed by atoms with Gasteiger partial charge in [0.2, 0.25) is 22.5 Å². The summed E-state index contributed by atoms with van der Waals surface area (Å²) in [5.41, 5.74) is 0. The topological polar surface area (TPSA) is 98.7 Å². The molecule has 0 saturated carbocycles. The van der Waals surface area contributed by atoms with Gasteiger partial charge in [0.15, 0.2) is 0 Å². The molecule has 0 saturated heterocycles. The molecule has 6 nitrogen and oxygen atoms in total. The summed E-state index contributed by atoms with van der Waals surface area (Å²) in [6.45, 7) is 0. The Hall–Kier alpha value is 0.840. The van der Waals surface area contributed by atoms with Crippen molar-refractivity contribution in [1.82, 2.24) is 8.25 Å². The maximum atomic E-state index is 9.84. The van der Waals surface area contributed by atoms with Crippen LogP contribution in [0.2, 0.25) is 0 Å². The van der Waals surface area contributed by atoms with Crippen molar-refractivity contribution in [1.29, 1.82) is 0 Å². The fraction of sp³-hybridized carbons (Fsp3) is 0. The van der Waals surface area contributed by atoms with Gasteiger partial charge in [-0.25, -0.2) is 8.42 Å². The molecule has 0 fully saturated rings. The van der Waals surface area contributed by atoms with Gasteiger partial charge >= 0.3 is 0 Å². The van der Waals surface area contributed by atoms with E-state index >= 15 is 0 Å². The van der Waals surface area contributed by atoms with E-state index in [4.69, 9.17) is 9.11 Å².